The van der Waals surface area contributed by atoms with Crippen LogP contribution in [0, 0.1) is 11.8 Å². The van der Waals surface area contributed by atoms with Crippen molar-refractivity contribution >= 4 is 5.91 Å². The Balaban J connectivity index is 1.33. The molecule has 1 amide bonds. The Morgan fingerprint density at radius 2 is 2.12 bits per heavy atom. The van der Waals surface area contributed by atoms with Crippen molar-refractivity contribution in [3.05, 3.63) is 11.9 Å². The molecule has 138 valence electrons. The molecular weight excluding hydrogens is 318 g/mol. The summed E-state index contributed by atoms with van der Waals surface area (Å²) in [5, 5.41) is 20.5. The van der Waals surface area contributed by atoms with Gasteiger partial charge in [0.2, 0.25) is 5.91 Å². The molecule has 0 aromatic carbocycles. The van der Waals surface area contributed by atoms with Gasteiger partial charge in [-0.3, -0.25) is 14.4 Å². The summed E-state index contributed by atoms with van der Waals surface area (Å²) in [6.45, 7) is 2.67. The SMILES string of the molecule is O=C(NC1CCCCC1)[C@H]1CN2CCC1C[C@@H]2Cn1cc(CO)nn1. The molecule has 4 aliphatic rings. The molecule has 1 aromatic rings. The molecule has 0 spiro atoms. The Morgan fingerprint density at radius 1 is 1.28 bits per heavy atom. The van der Waals surface area contributed by atoms with Crippen LogP contribution in [0.4, 0.5) is 0 Å². The molecule has 2 N–H and O–H groups in total. The fourth-order valence-corrected chi connectivity index (χ4v) is 4.90. The second-order valence-electron chi connectivity index (χ2n) is 7.97. The normalized spacial score (nSPS) is 32.7. The van der Waals surface area contributed by atoms with E-state index in [1.165, 1.54) is 19.3 Å². The standard InChI is InChI=1S/C18H29N5O2/c24-12-15-9-23(21-20-15)10-16-8-13-6-7-22(16)11-17(13)18(25)19-14-4-2-1-3-5-14/h9,13-14,16-17,24H,1-8,10-12H2,(H,19,25)/t13?,16-,17+/m1/s1. The quantitative estimate of drug-likeness (QED) is 0.828. The van der Waals surface area contributed by atoms with E-state index in [0.717, 1.165) is 45.3 Å². The number of aliphatic hydroxyl groups is 1. The van der Waals surface area contributed by atoms with Crippen LogP contribution in [-0.4, -0.2) is 56.1 Å². The molecule has 5 rings (SSSR count). The fourth-order valence-electron chi connectivity index (χ4n) is 4.90. The number of fused-ring (bicyclic) bond motifs is 3. The number of nitrogens with zero attached hydrogens (tertiary/aromatic N) is 4. The van der Waals surface area contributed by atoms with Crippen LogP contribution in [0.1, 0.15) is 50.6 Å². The average Bonchev–Trinajstić information content (AvgIpc) is 3.10. The van der Waals surface area contributed by atoms with Crippen molar-refractivity contribution in [2.75, 3.05) is 13.1 Å². The molecule has 25 heavy (non-hydrogen) atoms. The van der Waals surface area contributed by atoms with Gasteiger partial charge in [-0.1, -0.05) is 24.5 Å². The number of amides is 1. The minimum atomic E-state index is -0.0690. The Labute approximate surface area is 148 Å². The van der Waals surface area contributed by atoms with Gasteiger partial charge in [0, 0.05) is 18.6 Å². The third-order valence-corrected chi connectivity index (χ3v) is 6.31. The fraction of sp³-hybridized carbons (Fsp3) is 0.833. The molecule has 1 saturated carbocycles. The number of carbonyl (C=O) groups is 1. The molecule has 3 aliphatic heterocycles. The number of carbonyl (C=O) groups excluding carboxylic acids is 1. The van der Waals surface area contributed by atoms with E-state index in [1.807, 2.05) is 10.9 Å². The number of aromatic nitrogens is 3. The largest absolute Gasteiger partial charge is 0.390 e. The molecular formula is C18H29N5O2. The summed E-state index contributed by atoms with van der Waals surface area (Å²) in [5.41, 5.74) is 0.612. The molecule has 1 aliphatic carbocycles. The second kappa shape index (κ2) is 7.41. The zero-order chi connectivity index (χ0) is 17.2. The van der Waals surface area contributed by atoms with Crippen molar-refractivity contribution in [2.24, 2.45) is 11.8 Å². The minimum absolute atomic E-state index is 0.0690. The summed E-state index contributed by atoms with van der Waals surface area (Å²) < 4.78 is 1.83. The molecule has 4 atom stereocenters. The lowest BCUT2D eigenvalue weighted by molar-refractivity contribution is -0.134. The molecule has 3 saturated heterocycles. The highest BCUT2D eigenvalue weighted by molar-refractivity contribution is 5.79. The molecule has 2 bridgehead atoms. The maximum atomic E-state index is 12.8. The zero-order valence-corrected chi connectivity index (χ0v) is 14.8. The molecule has 7 heteroatoms. The zero-order valence-electron chi connectivity index (χ0n) is 14.8. The molecule has 7 nitrogen and oxygen atoms in total. The van der Waals surface area contributed by atoms with Crippen LogP contribution in [0.3, 0.4) is 0 Å². The predicted molar refractivity (Wildman–Crippen MR) is 92.5 cm³/mol. The number of rotatable bonds is 5. The Morgan fingerprint density at radius 3 is 2.80 bits per heavy atom. The topological polar surface area (TPSA) is 83.3 Å². The number of piperidine rings is 3. The van der Waals surface area contributed by atoms with Crippen molar-refractivity contribution < 1.29 is 9.90 Å². The van der Waals surface area contributed by atoms with Crippen molar-refractivity contribution in [2.45, 2.75) is 70.2 Å². The first kappa shape index (κ1) is 17.0. The summed E-state index contributed by atoms with van der Waals surface area (Å²) in [5.74, 6) is 0.915. The third kappa shape index (κ3) is 3.72. The Kier molecular flexibility index (Phi) is 5.03. The van der Waals surface area contributed by atoms with Crippen LogP contribution < -0.4 is 5.32 Å². The predicted octanol–water partition coefficient (Wildman–Crippen LogP) is 0.930. The molecule has 4 heterocycles. The highest BCUT2D eigenvalue weighted by atomic mass is 16.3. The first-order valence-corrected chi connectivity index (χ1v) is 9.77. The average molecular weight is 347 g/mol. The van der Waals surface area contributed by atoms with E-state index >= 15 is 0 Å². The van der Waals surface area contributed by atoms with Gasteiger partial charge in [-0.15, -0.1) is 5.10 Å². The summed E-state index contributed by atoms with van der Waals surface area (Å²) in [6.07, 6.45) is 10.1. The van der Waals surface area contributed by atoms with Gasteiger partial charge < -0.3 is 10.4 Å². The molecule has 1 aromatic heterocycles. The summed E-state index contributed by atoms with van der Waals surface area (Å²) >= 11 is 0. The summed E-state index contributed by atoms with van der Waals surface area (Å²) in [4.78, 5) is 15.2. The lowest BCUT2D eigenvalue weighted by atomic mass is 9.75. The van der Waals surface area contributed by atoms with Crippen molar-refractivity contribution in [1.82, 2.24) is 25.2 Å². The van der Waals surface area contributed by atoms with E-state index in [1.54, 1.807) is 0 Å². The van der Waals surface area contributed by atoms with Gasteiger partial charge in [0.15, 0.2) is 0 Å². The van der Waals surface area contributed by atoms with Crippen LogP contribution >= 0.6 is 0 Å². The van der Waals surface area contributed by atoms with Gasteiger partial charge in [-0.25, -0.2) is 0 Å². The van der Waals surface area contributed by atoms with E-state index < -0.39 is 0 Å². The Hall–Kier alpha value is -1.47. The van der Waals surface area contributed by atoms with Crippen LogP contribution in [0.25, 0.3) is 0 Å². The number of hydrogen-bond donors (Lipinski definition) is 2. The second-order valence-corrected chi connectivity index (χ2v) is 7.97. The van der Waals surface area contributed by atoms with Gasteiger partial charge >= 0.3 is 0 Å². The maximum absolute atomic E-state index is 12.8. The van der Waals surface area contributed by atoms with Crippen molar-refractivity contribution in [3.8, 4) is 0 Å². The molecule has 2 unspecified atom stereocenters. The van der Waals surface area contributed by atoms with E-state index in [-0.39, 0.29) is 18.4 Å². The highest BCUT2D eigenvalue weighted by Gasteiger charge is 2.43. The number of aliphatic hydroxyl groups excluding tert-OH is 1. The van der Waals surface area contributed by atoms with Crippen molar-refractivity contribution in [1.29, 1.82) is 0 Å². The smallest absolute Gasteiger partial charge is 0.224 e. The van der Waals surface area contributed by atoms with Crippen LogP contribution in [0.2, 0.25) is 0 Å². The number of hydrogen-bond acceptors (Lipinski definition) is 5. The minimum Gasteiger partial charge on any atom is -0.390 e. The van der Waals surface area contributed by atoms with E-state index in [2.05, 4.69) is 20.5 Å². The van der Waals surface area contributed by atoms with Crippen LogP contribution in [0.15, 0.2) is 6.20 Å². The van der Waals surface area contributed by atoms with Gasteiger partial charge in [0.25, 0.3) is 0 Å². The molecule has 0 radical (unpaired) electrons. The summed E-state index contributed by atoms with van der Waals surface area (Å²) in [7, 11) is 0. The van der Waals surface area contributed by atoms with Gasteiger partial charge in [-0.2, -0.15) is 0 Å². The van der Waals surface area contributed by atoms with Crippen molar-refractivity contribution in [3.63, 3.8) is 0 Å². The maximum Gasteiger partial charge on any atom is 0.224 e. The van der Waals surface area contributed by atoms with Crippen LogP contribution in [0.5, 0.6) is 0 Å². The van der Waals surface area contributed by atoms with Crippen LogP contribution in [-0.2, 0) is 17.9 Å². The lowest BCUT2D eigenvalue weighted by Crippen LogP contribution is -2.58. The van der Waals surface area contributed by atoms with E-state index in [4.69, 9.17) is 5.11 Å². The monoisotopic (exact) mass is 347 g/mol. The van der Waals surface area contributed by atoms with E-state index in [0.29, 0.717) is 23.7 Å². The first-order chi connectivity index (χ1) is 12.2. The Bertz CT molecular complexity index is 598. The van der Waals surface area contributed by atoms with Gasteiger partial charge in [0.05, 0.1) is 25.3 Å². The van der Waals surface area contributed by atoms with Gasteiger partial charge in [-0.05, 0) is 38.1 Å². The first-order valence-electron chi connectivity index (χ1n) is 9.77. The highest BCUT2D eigenvalue weighted by Crippen LogP contribution is 2.37. The van der Waals surface area contributed by atoms with E-state index in [9.17, 15) is 4.79 Å². The molecule has 4 fully saturated rings. The lowest BCUT2D eigenvalue weighted by Gasteiger charge is -2.49. The number of nitrogens with one attached hydrogen (secondary N) is 1. The third-order valence-electron chi connectivity index (χ3n) is 6.31. The summed E-state index contributed by atoms with van der Waals surface area (Å²) in [6, 6.07) is 0.824. The van der Waals surface area contributed by atoms with Gasteiger partial charge in [0.1, 0.15) is 5.69 Å².